The average Bonchev–Trinajstić information content (AvgIpc) is 3.12. The van der Waals surface area contributed by atoms with Crippen LogP contribution in [0.5, 0.6) is 0 Å². The maximum absolute atomic E-state index is 12.5. The molecule has 0 unspecified atom stereocenters. The van der Waals surface area contributed by atoms with Crippen molar-refractivity contribution in [2.45, 2.75) is 69.4 Å². The van der Waals surface area contributed by atoms with Gasteiger partial charge in [0.2, 0.25) is 11.6 Å². The number of ether oxygens (including phenoxy) is 1. The minimum atomic E-state index is -0.548. The summed E-state index contributed by atoms with van der Waals surface area (Å²) in [5.74, 6) is 2.31. The molecule has 30 heavy (non-hydrogen) atoms. The molecule has 1 N–H and O–H groups in total. The average molecular weight is 420 g/mol. The third kappa shape index (κ3) is 3.28. The maximum atomic E-state index is 12.5. The summed E-state index contributed by atoms with van der Waals surface area (Å²) in [5.41, 5.74) is 0. The highest BCUT2D eigenvalue weighted by Gasteiger charge is 2.66. The van der Waals surface area contributed by atoms with Crippen LogP contribution in [0.1, 0.15) is 57.8 Å². The minimum Gasteiger partial charge on any atom is -0.338 e. The third-order valence-corrected chi connectivity index (χ3v) is 9.14. The first kappa shape index (κ1) is 19.8. The number of carbonyl (C=O) groups is 1. The first-order chi connectivity index (χ1) is 14.5. The lowest BCUT2D eigenvalue weighted by atomic mass is 9.53. The Bertz CT molecular complexity index is 641. The van der Waals surface area contributed by atoms with Gasteiger partial charge in [-0.05, 0) is 69.7 Å². The van der Waals surface area contributed by atoms with Crippen molar-refractivity contribution < 1.29 is 19.3 Å². The Morgan fingerprint density at radius 2 is 1.57 bits per heavy atom. The van der Waals surface area contributed by atoms with Crippen LogP contribution < -0.4 is 5.32 Å². The van der Waals surface area contributed by atoms with Crippen LogP contribution in [-0.4, -0.2) is 67.2 Å². The van der Waals surface area contributed by atoms with Crippen LogP contribution in [0.15, 0.2) is 0 Å². The Morgan fingerprint density at radius 3 is 2.20 bits per heavy atom. The highest BCUT2D eigenvalue weighted by Crippen LogP contribution is 2.63. The number of carbonyl (C=O) groups excluding carboxylic acids is 1. The van der Waals surface area contributed by atoms with Crippen molar-refractivity contribution in [3.05, 3.63) is 0 Å². The zero-order valence-electron chi connectivity index (χ0n) is 18.3. The summed E-state index contributed by atoms with van der Waals surface area (Å²) in [5, 5.41) is 3.17. The van der Waals surface area contributed by atoms with Crippen LogP contribution in [0.4, 0.5) is 4.79 Å². The second-order valence-corrected chi connectivity index (χ2v) is 11.1. The lowest BCUT2D eigenvalue weighted by Gasteiger charge is -2.57. The smallest absolute Gasteiger partial charge is 0.317 e. The van der Waals surface area contributed by atoms with Gasteiger partial charge in [-0.1, -0.05) is 0 Å². The largest absolute Gasteiger partial charge is 0.338 e. The van der Waals surface area contributed by atoms with E-state index in [4.69, 9.17) is 14.5 Å². The second-order valence-electron chi connectivity index (χ2n) is 11.1. The van der Waals surface area contributed by atoms with Crippen molar-refractivity contribution in [1.82, 2.24) is 15.1 Å². The van der Waals surface area contributed by atoms with Gasteiger partial charge >= 0.3 is 6.03 Å². The molecule has 5 aliphatic carbocycles. The summed E-state index contributed by atoms with van der Waals surface area (Å²) >= 11 is 0. The first-order valence-electron chi connectivity index (χ1n) is 12.3. The van der Waals surface area contributed by atoms with Gasteiger partial charge in [0.15, 0.2) is 0 Å². The molecular weight excluding hydrogens is 382 g/mol. The molecule has 2 saturated heterocycles. The van der Waals surface area contributed by atoms with Crippen LogP contribution in [-0.2, 0) is 14.5 Å². The molecule has 0 atom stereocenters. The van der Waals surface area contributed by atoms with Crippen LogP contribution >= 0.6 is 0 Å². The lowest BCUT2D eigenvalue weighted by molar-refractivity contribution is -0.390. The Labute approximate surface area is 179 Å². The third-order valence-electron chi connectivity index (χ3n) is 9.14. The number of rotatable bonds is 2. The molecule has 7 nitrogen and oxygen atoms in total. The van der Waals surface area contributed by atoms with E-state index in [-0.39, 0.29) is 6.03 Å². The Balaban J connectivity index is 1.01. The topological polar surface area (TPSA) is 63.3 Å². The Hall–Kier alpha value is -0.890. The molecule has 2 spiro atoms. The normalized spacial score (nSPS) is 48.0. The Kier molecular flexibility index (Phi) is 4.83. The van der Waals surface area contributed by atoms with Gasteiger partial charge in [-0.3, -0.25) is 0 Å². The fourth-order valence-electron chi connectivity index (χ4n) is 7.47. The van der Waals surface area contributed by atoms with Crippen molar-refractivity contribution in [3.63, 3.8) is 0 Å². The van der Waals surface area contributed by atoms with Crippen LogP contribution in [0.25, 0.3) is 0 Å². The predicted octanol–water partition coefficient (Wildman–Crippen LogP) is 2.96. The van der Waals surface area contributed by atoms with Crippen molar-refractivity contribution in [3.8, 4) is 0 Å². The maximum Gasteiger partial charge on any atom is 0.317 e. The van der Waals surface area contributed by atoms with E-state index in [1.807, 2.05) is 4.90 Å². The summed E-state index contributed by atoms with van der Waals surface area (Å²) in [6.45, 7) is 4.31. The fraction of sp³-hybridized carbons (Fsp3) is 0.957. The fourth-order valence-corrected chi connectivity index (χ4v) is 7.47. The molecule has 2 heterocycles. The van der Waals surface area contributed by atoms with Gasteiger partial charge < -0.3 is 19.9 Å². The molecule has 4 bridgehead atoms. The highest BCUT2D eigenvalue weighted by atomic mass is 17.3. The molecule has 7 aliphatic rings. The van der Waals surface area contributed by atoms with E-state index < -0.39 is 11.6 Å². The van der Waals surface area contributed by atoms with Crippen molar-refractivity contribution >= 4 is 6.03 Å². The van der Waals surface area contributed by atoms with Crippen LogP contribution in [0.2, 0.25) is 0 Å². The zero-order chi connectivity index (χ0) is 20.3. The number of hydrogen-bond acceptors (Lipinski definition) is 5. The number of nitrogens with one attached hydrogen (secondary N) is 1. The number of hydrogen-bond donors (Lipinski definition) is 1. The molecule has 7 heteroatoms. The molecular formula is C23H37N3O4. The molecule has 0 radical (unpaired) electrons. The van der Waals surface area contributed by atoms with E-state index in [1.54, 1.807) is 0 Å². The SMILES string of the molecule is CN1CCN(C(=O)NCC2CCC3(CC2)OOC2(O3)C3CC4CC(C3)CC2C4)CC1. The van der Waals surface area contributed by atoms with Gasteiger partial charge in [-0.15, -0.1) is 0 Å². The second kappa shape index (κ2) is 7.32. The molecule has 0 aromatic carbocycles. The number of piperazine rings is 1. The first-order valence-corrected chi connectivity index (χ1v) is 12.3. The van der Waals surface area contributed by atoms with E-state index in [0.29, 0.717) is 17.8 Å². The summed E-state index contributed by atoms with van der Waals surface area (Å²) in [7, 11) is 2.11. The number of amides is 2. The molecule has 2 aliphatic heterocycles. The van der Waals surface area contributed by atoms with Crippen LogP contribution in [0, 0.1) is 29.6 Å². The van der Waals surface area contributed by atoms with E-state index in [2.05, 4.69) is 17.3 Å². The minimum absolute atomic E-state index is 0.0904. The molecule has 168 valence electrons. The highest BCUT2D eigenvalue weighted by molar-refractivity contribution is 5.74. The van der Waals surface area contributed by atoms with E-state index in [9.17, 15) is 4.79 Å². The summed E-state index contributed by atoms with van der Waals surface area (Å²) in [4.78, 5) is 28.8. The Morgan fingerprint density at radius 1 is 0.933 bits per heavy atom. The lowest BCUT2D eigenvalue weighted by Crippen LogP contribution is -2.59. The molecule has 0 aromatic heterocycles. The number of urea groups is 1. The van der Waals surface area contributed by atoms with Crippen LogP contribution in [0.3, 0.4) is 0 Å². The van der Waals surface area contributed by atoms with Crippen molar-refractivity contribution in [2.24, 2.45) is 29.6 Å². The van der Waals surface area contributed by atoms with Gasteiger partial charge in [0, 0.05) is 57.4 Å². The summed E-state index contributed by atoms with van der Waals surface area (Å²) in [6, 6.07) is 0.0904. The van der Waals surface area contributed by atoms with E-state index in [0.717, 1.165) is 70.2 Å². The van der Waals surface area contributed by atoms with Gasteiger partial charge in [0.1, 0.15) is 0 Å². The quantitative estimate of drug-likeness (QED) is 0.698. The van der Waals surface area contributed by atoms with E-state index in [1.165, 1.54) is 32.1 Å². The summed E-state index contributed by atoms with van der Waals surface area (Å²) < 4.78 is 6.79. The van der Waals surface area contributed by atoms with Crippen molar-refractivity contribution in [1.29, 1.82) is 0 Å². The molecule has 5 saturated carbocycles. The standard InChI is InChI=1S/C23H37N3O4/c1-25-6-8-26(9-7-25)21(27)24-15-16-2-4-22(5-3-16)28-23(30-29-22)19-11-17-10-18(13-19)14-20(23)12-17/h16-20H,2-15H2,1H3,(H,24,27). The van der Waals surface area contributed by atoms with Crippen molar-refractivity contribution in [2.75, 3.05) is 39.8 Å². The number of nitrogens with zero attached hydrogens (tertiary/aromatic N) is 2. The summed E-state index contributed by atoms with van der Waals surface area (Å²) in [6.07, 6.45) is 10.2. The van der Waals surface area contributed by atoms with Gasteiger partial charge in [0.05, 0.1) is 0 Å². The molecule has 0 aromatic rings. The zero-order valence-corrected chi connectivity index (χ0v) is 18.3. The molecule has 2 amide bonds. The monoisotopic (exact) mass is 419 g/mol. The predicted molar refractivity (Wildman–Crippen MR) is 110 cm³/mol. The van der Waals surface area contributed by atoms with Gasteiger partial charge in [-0.25, -0.2) is 4.79 Å². The molecule has 7 rings (SSSR count). The number of likely N-dealkylation sites (N-methyl/N-ethyl adjacent to an activating group) is 1. The van der Waals surface area contributed by atoms with E-state index >= 15 is 0 Å². The molecule has 7 fully saturated rings. The van der Waals surface area contributed by atoms with Gasteiger partial charge in [-0.2, -0.15) is 9.78 Å². The van der Waals surface area contributed by atoms with Gasteiger partial charge in [0.25, 0.3) is 0 Å².